The van der Waals surface area contributed by atoms with Crippen LogP contribution in [0.15, 0.2) is 53.4 Å². The normalized spacial score (nSPS) is 15.0. The summed E-state index contributed by atoms with van der Waals surface area (Å²) in [5, 5.41) is 0. The second-order valence-corrected chi connectivity index (χ2v) is 8.61. The van der Waals surface area contributed by atoms with Crippen molar-refractivity contribution in [3.8, 4) is 0 Å². The van der Waals surface area contributed by atoms with Crippen LogP contribution in [0.4, 0.5) is 5.69 Å². The number of anilines is 1. The maximum Gasteiger partial charge on any atom is 0.241 e. The Kier molecular flexibility index (Phi) is 5.82. The smallest absolute Gasteiger partial charge is 0.241 e. The number of amides is 1. The van der Waals surface area contributed by atoms with E-state index in [1.165, 1.54) is 5.56 Å². The van der Waals surface area contributed by atoms with Crippen LogP contribution in [0.25, 0.3) is 0 Å². The molecule has 2 aromatic carbocycles. The second kappa shape index (κ2) is 8.10. The van der Waals surface area contributed by atoms with Gasteiger partial charge in [0.15, 0.2) is 0 Å². The Morgan fingerprint density at radius 3 is 2.26 bits per heavy atom. The van der Waals surface area contributed by atoms with E-state index < -0.39 is 10.0 Å². The highest BCUT2D eigenvalue weighted by molar-refractivity contribution is 7.89. The molecule has 3 rings (SSSR count). The third-order valence-corrected chi connectivity index (χ3v) is 6.16. The molecule has 2 aromatic rings. The van der Waals surface area contributed by atoms with Crippen LogP contribution < -0.4 is 9.62 Å². The van der Waals surface area contributed by atoms with Crippen molar-refractivity contribution in [2.45, 2.75) is 18.7 Å². The quantitative estimate of drug-likeness (QED) is 0.851. The summed E-state index contributed by atoms with van der Waals surface area (Å²) in [4.78, 5) is 16.5. The fourth-order valence-electron chi connectivity index (χ4n) is 3.11. The predicted octanol–water partition coefficient (Wildman–Crippen LogP) is 1.93. The summed E-state index contributed by atoms with van der Waals surface area (Å²) in [5.41, 5.74) is 3.34. The van der Waals surface area contributed by atoms with Gasteiger partial charge in [0.25, 0.3) is 0 Å². The Morgan fingerprint density at radius 1 is 0.963 bits per heavy atom. The molecule has 27 heavy (non-hydrogen) atoms. The minimum absolute atomic E-state index is 0.171. The summed E-state index contributed by atoms with van der Waals surface area (Å²) in [6, 6.07) is 14.9. The van der Waals surface area contributed by atoms with Crippen molar-refractivity contribution in [2.75, 3.05) is 37.6 Å². The number of sulfonamides is 1. The van der Waals surface area contributed by atoms with Gasteiger partial charge in [-0.1, -0.05) is 29.8 Å². The maximum atomic E-state index is 12.4. The van der Waals surface area contributed by atoms with Crippen LogP contribution in [0.3, 0.4) is 0 Å². The molecule has 1 N–H and O–H groups in total. The van der Waals surface area contributed by atoms with Crippen molar-refractivity contribution in [3.05, 3.63) is 59.7 Å². The van der Waals surface area contributed by atoms with Gasteiger partial charge in [-0.25, -0.2) is 13.1 Å². The van der Waals surface area contributed by atoms with Crippen LogP contribution in [0.5, 0.6) is 0 Å². The Hall–Kier alpha value is -2.38. The van der Waals surface area contributed by atoms with Gasteiger partial charge < -0.3 is 9.80 Å². The van der Waals surface area contributed by atoms with E-state index in [1.807, 2.05) is 13.0 Å². The summed E-state index contributed by atoms with van der Waals surface area (Å²) in [7, 11) is -3.68. The number of rotatable bonds is 5. The van der Waals surface area contributed by atoms with E-state index in [-0.39, 0.29) is 17.3 Å². The summed E-state index contributed by atoms with van der Waals surface area (Å²) in [6.07, 6.45) is 0. The van der Waals surface area contributed by atoms with Crippen molar-refractivity contribution in [2.24, 2.45) is 0 Å². The first-order valence-corrected chi connectivity index (χ1v) is 10.5. The molecule has 0 radical (unpaired) electrons. The number of piperazine rings is 1. The SMILES string of the molecule is Cc1ccc(S(=O)(=O)NCC(=O)N2CCN(c3cccc(C)c3)CC2)cc1. The molecule has 1 heterocycles. The van der Waals surface area contributed by atoms with Crippen LogP contribution in [0, 0.1) is 13.8 Å². The monoisotopic (exact) mass is 387 g/mol. The molecule has 0 saturated carbocycles. The van der Waals surface area contributed by atoms with E-state index in [0.717, 1.165) is 24.3 Å². The van der Waals surface area contributed by atoms with Crippen molar-refractivity contribution in [3.63, 3.8) is 0 Å². The first-order chi connectivity index (χ1) is 12.8. The standard InChI is InChI=1S/C20H25N3O3S/c1-16-6-8-19(9-7-16)27(25,26)21-15-20(24)23-12-10-22(11-13-23)18-5-3-4-17(2)14-18/h3-9,14,21H,10-13,15H2,1-2H3. The van der Waals surface area contributed by atoms with Gasteiger partial charge in [0, 0.05) is 31.9 Å². The van der Waals surface area contributed by atoms with Crippen molar-refractivity contribution in [1.82, 2.24) is 9.62 Å². The van der Waals surface area contributed by atoms with Crippen molar-refractivity contribution in [1.29, 1.82) is 0 Å². The topological polar surface area (TPSA) is 69.7 Å². The second-order valence-electron chi connectivity index (χ2n) is 6.84. The minimum atomic E-state index is -3.68. The van der Waals surface area contributed by atoms with Crippen LogP contribution in [0.2, 0.25) is 0 Å². The average molecular weight is 388 g/mol. The number of carbonyl (C=O) groups is 1. The zero-order chi connectivity index (χ0) is 19.4. The fraction of sp³-hybridized carbons (Fsp3) is 0.350. The third kappa shape index (κ3) is 4.87. The molecule has 0 bridgehead atoms. The van der Waals surface area contributed by atoms with Gasteiger partial charge >= 0.3 is 0 Å². The van der Waals surface area contributed by atoms with E-state index in [1.54, 1.807) is 29.2 Å². The molecule has 7 heteroatoms. The fourth-order valence-corrected chi connectivity index (χ4v) is 4.08. The summed E-state index contributed by atoms with van der Waals surface area (Å²) in [5.74, 6) is -0.199. The Balaban J connectivity index is 1.53. The van der Waals surface area contributed by atoms with Crippen molar-refractivity contribution < 1.29 is 13.2 Å². The van der Waals surface area contributed by atoms with E-state index in [4.69, 9.17) is 0 Å². The van der Waals surface area contributed by atoms with Gasteiger partial charge in [-0.3, -0.25) is 4.79 Å². The third-order valence-electron chi connectivity index (χ3n) is 4.74. The molecule has 1 aliphatic heterocycles. The molecular weight excluding hydrogens is 362 g/mol. The first-order valence-electron chi connectivity index (χ1n) is 9.01. The van der Waals surface area contributed by atoms with Crippen LogP contribution in [-0.2, 0) is 14.8 Å². The van der Waals surface area contributed by atoms with E-state index in [9.17, 15) is 13.2 Å². The number of hydrogen-bond donors (Lipinski definition) is 1. The van der Waals surface area contributed by atoms with Gasteiger partial charge in [-0.05, 0) is 43.7 Å². The molecule has 0 unspecified atom stereocenters. The van der Waals surface area contributed by atoms with Gasteiger partial charge in [-0.2, -0.15) is 0 Å². The number of nitrogens with one attached hydrogen (secondary N) is 1. The molecule has 0 aromatic heterocycles. The van der Waals surface area contributed by atoms with Gasteiger partial charge in [-0.15, -0.1) is 0 Å². The lowest BCUT2D eigenvalue weighted by Crippen LogP contribution is -2.51. The van der Waals surface area contributed by atoms with Crippen LogP contribution in [-0.4, -0.2) is 51.9 Å². The summed E-state index contributed by atoms with van der Waals surface area (Å²) < 4.78 is 27.0. The lowest BCUT2D eigenvalue weighted by Gasteiger charge is -2.36. The Bertz CT molecular complexity index is 902. The highest BCUT2D eigenvalue weighted by atomic mass is 32.2. The molecule has 0 atom stereocenters. The zero-order valence-corrected chi connectivity index (χ0v) is 16.5. The van der Waals surface area contributed by atoms with Crippen LogP contribution in [0.1, 0.15) is 11.1 Å². The first kappa shape index (κ1) is 19.4. The lowest BCUT2D eigenvalue weighted by molar-refractivity contribution is -0.130. The van der Waals surface area contributed by atoms with E-state index >= 15 is 0 Å². The molecule has 1 fully saturated rings. The lowest BCUT2D eigenvalue weighted by atomic mass is 10.2. The molecule has 6 nitrogen and oxygen atoms in total. The molecule has 1 saturated heterocycles. The average Bonchev–Trinajstić information content (AvgIpc) is 2.67. The van der Waals surface area contributed by atoms with Gasteiger partial charge in [0.05, 0.1) is 11.4 Å². The number of benzene rings is 2. The number of carbonyl (C=O) groups excluding carboxylic acids is 1. The molecule has 144 valence electrons. The largest absolute Gasteiger partial charge is 0.368 e. The molecule has 1 aliphatic rings. The highest BCUT2D eigenvalue weighted by Gasteiger charge is 2.23. The molecule has 0 aliphatic carbocycles. The molecule has 1 amide bonds. The molecule has 0 spiro atoms. The van der Waals surface area contributed by atoms with E-state index in [0.29, 0.717) is 13.1 Å². The van der Waals surface area contributed by atoms with Gasteiger partial charge in [0.2, 0.25) is 15.9 Å². The van der Waals surface area contributed by atoms with E-state index in [2.05, 4.69) is 34.7 Å². The number of aryl methyl sites for hydroxylation is 2. The van der Waals surface area contributed by atoms with Crippen LogP contribution >= 0.6 is 0 Å². The zero-order valence-electron chi connectivity index (χ0n) is 15.7. The summed E-state index contributed by atoms with van der Waals surface area (Å²) >= 11 is 0. The number of hydrogen-bond acceptors (Lipinski definition) is 4. The predicted molar refractivity (Wildman–Crippen MR) is 106 cm³/mol. The van der Waals surface area contributed by atoms with Gasteiger partial charge in [0.1, 0.15) is 0 Å². The minimum Gasteiger partial charge on any atom is -0.368 e. The number of nitrogens with zero attached hydrogens (tertiary/aromatic N) is 2. The van der Waals surface area contributed by atoms with Crippen molar-refractivity contribution >= 4 is 21.6 Å². The summed E-state index contributed by atoms with van der Waals surface area (Å²) in [6.45, 7) is 6.37. The highest BCUT2D eigenvalue weighted by Crippen LogP contribution is 2.18. The Morgan fingerprint density at radius 2 is 1.63 bits per heavy atom. The molecular formula is C20H25N3O3S. The Labute approximate surface area is 160 Å². The maximum absolute atomic E-state index is 12.4.